The average Bonchev–Trinajstić information content (AvgIpc) is 2.61. The summed E-state index contributed by atoms with van der Waals surface area (Å²) < 4.78 is 20.3. The van der Waals surface area contributed by atoms with E-state index in [1.807, 2.05) is 0 Å². The summed E-state index contributed by atoms with van der Waals surface area (Å²) in [5.74, 6) is 0.188. The first-order valence-electron chi connectivity index (χ1n) is 7.83. The van der Waals surface area contributed by atoms with Gasteiger partial charge >= 0.3 is 0 Å². The van der Waals surface area contributed by atoms with Crippen LogP contribution >= 0.6 is 23.2 Å². The van der Waals surface area contributed by atoms with Gasteiger partial charge in [0, 0.05) is 46.1 Å². The van der Waals surface area contributed by atoms with Crippen LogP contribution in [0, 0.1) is 12.7 Å². The summed E-state index contributed by atoms with van der Waals surface area (Å²) in [7, 11) is 3.24. The third-order valence-electron chi connectivity index (χ3n) is 4.27. The maximum Gasteiger partial charge on any atom is 0.253 e. The van der Waals surface area contributed by atoms with Crippen molar-refractivity contribution in [2.24, 2.45) is 7.05 Å². The van der Waals surface area contributed by atoms with E-state index < -0.39 is 5.82 Å². The highest BCUT2D eigenvalue weighted by Crippen LogP contribution is 2.40. The van der Waals surface area contributed by atoms with Gasteiger partial charge in [-0.25, -0.2) is 4.39 Å². The molecule has 3 aromatic rings. The summed E-state index contributed by atoms with van der Waals surface area (Å²) in [6, 6.07) is 9.39. The number of nitrogens with zero attached hydrogens (tertiary/aromatic N) is 1. The molecule has 0 atom stereocenters. The number of benzene rings is 2. The molecule has 0 saturated carbocycles. The number of methoxy groups -OCH3 is 1. The molecule has 0 bridgehead atoms. The molecule has 6 heteroatoms. The summed E-state index contributed by atoms with van der Waals surface area (Å²) in [4.78, 5) is 12.5. The number of rotatable bonds is 3. The third-order valence-corrected chi connectivity index (χ3v) is 4.91. The van der Waals surface area contributed by atoms with Crippen molar-refractivity contribution in [3.8, 4) is 28.0 Å². The van der Waals surface area contributed by atoms with Crippen molar-refractivity contribution in [2.75, 3.05) is 7.11 Å². The smallest absolute Gasteiger partial charge is 0.253 e. The fourth-order valence-corrected chi connectivity index (χ4v) is 3.45. The molecule has 0 N–H and O–H groups in total. The molecule has 134 valence electrons. The van der Waals surface area contributed by atoms with Crippen LogP contribution in [0.4, 0.5) is 4.39 Å². The minimum absolute atomic E-state index is 0.164. The molecule has 1 heterocycles. The zero-order valence-electron chi connectivity index (χ0n) is 14.4. The molecule has 26 heavy (non-hydrogen) atoms. The van der Waals surface area contributed by atoms with Crippen LogP contribution in [0.2, 0.25) is 10.0 Å². The molecule has 0 aliphatic heterocycles. The molecular formula is C20H16Cl2FNO2. The Labute approximate surface area is 160 Å². The Balaban J connectivity index is 2.42. The van der Waals surface area contributed by atoms with E-state index in [4.69, 9.17) is 27.9 Å². The first-order chi connectivity index (χ1) is 12.3. The van der Waals surface area contributed by atoms with Crippen LogP contribution in [0.25, 0.3) is 22.3 Å². The standard InChI is InChI=1S/C20H16Cl2FNO2/c1-11-19(14-6-4-12(23)8-18(14)22)16(10-24(2)20(11)25)15-9-13(26-3)5-7-17(15)21/h4-10H,1-3H3. The van der Waals surface area contributed by atoms with E-state index in [9.17, 15) is 9.18 Å². The van der Waals surface area contributed by atoms with Crippen molar-refractivity contribution in [2.45, 2.75) is 6.92 Å². The van der Waals surface area contributed by atoms with Gasteiger partial charge in [0.15, 0.2) is 0 Å². The largest absolute Gasteiger partial charge is 0.497 e. The zero-order valence-corrected chi connectivity index (χ0v) is 16.0. The molecular weight excluding hydrogens is 376 g/mol. The molecule has 0 spiro atoms. The van der Waals surface area contributed by atoms with Crippen LogP contribution in [0.15, 0.2) is 47.4 Å². The second-order valence-corrected chi connectivity index (χ2v) is 6.74. The topological polar surface area (TPSA) is 31.2 Å². The third kappa shape index (κ3) is 3.22. The Hall–Kier alpha value is -2.30. The fourth-order valence-electron chi connectivity index (χ4n) is 2.97. The van der Waals surface area contributed by atoms with Gasteiger partial charge < -0.3 is 9.30 Å². The second kappa shape index (κ2) is 7.14. The van der Waals surface area contributed by atoms with Gasteiger partial charge in [-0.15, -0.1) is 0 Å². The molecule has 3 rings (SSSR count). The van der Waals surface area contributed by atoms with E-state index in [-0.39, 0.29) is 10.6 Å². The Kier molecular flexibility index (Phi) is 5.08. The maximum atomic E-state index is 13.5. The monoisotopic (exact) mass is 391 g/mol. The molecule has 0 radical (unpaired) electrons. The van der Waals surface area contributed by atoms with Gasteiger partial charge in [-0.1, -0.05) is 23.2 Å². The predicted molar refractivity (Wildman–Crippen MR) is 104 cm³/mol. The summed E-state index contributed by atoms with van der Waals surface area (Å²) in [5.41, 5.74) is 2.92. The lowest BCUT2D eigenvalue weighted by Gasteiger charge is -2.17. The number of ether oxygens (including phenoxy) is 1. The highest BCUT2D eigenvalue weighted by molar-refractivity contribution is 6.34. The van der Waals surface area contributed by atoms with Crippen LogP contribution in [0.3, 0.4) is 0 Å². The molecule has 0 saturated heterocycles. The van der Waals surface area contributed by atoms with E-state index in [1.165, 1.54) is 16.7 Å². The molecule has 2 aromatic carbocycles. The molecule has 1 aromatic heterocycles. The molecule has 0 aliphatic rings. The molecule has 0 aliphatic carbocycles. The van der Waals surface area contributed by atoms with E-state index >= 15 is 0 Å². The van der Waals surface area contributed by atoms with E-state index in [0.717, 1.165) is 0 Å². The summed E-state index contributed by atoms with van der Waals surface area (Å²) in [6.07, 6.45) is 1.70. The van der Waals surface area contributed by atoms with Crippen LogP contribution in [-0.2, 0) is 7.05 Å². The first kappa shape index (κ1) is 18.5. The van der Waals surface area contributed by atoms with E-state index in [0.29, 0.717) is 38.6 Å². The van der Waals surface area contributed by atoms with Gasteiger partial charge in [-0.3, -0.25) is 4.79 Å². The second-order valence-electron chi connectivity index (χ2n) is 5.93. The molecule has 0 amide bonds. The van der Waals surface area contributed by atoms with E-state index in [2.05, 4.69) is 0 Å². The van der Waals surface area contributed by atoms with Gasteiger partial charge in [0.05, 0.1) is 12.1 Å². The van der Waals surface area contributed by atoms with Gasteiger partial charge in [0.1, 0.15) is 11.6 Å². The molecule has 0 fully saturated rings. The highest BCUT2D eigenvalue weighted by Gasteiger charge is 2.19. The number of hydrogen-bond acceptors (Lipinski definition) is 2. The summed E-state index contributed by atoms with van der Waals surface area (Å²) >= 11 is 12.7. The first-order valence-corrected chi connectivity index (χ1v) is 8.58. The Morgan fingerprint density at radius 3 is 2.38 bits per heavy atom. The van der Waals surface area contributed by atoms with E-state index in [1.54, 1.807) is 51.5 Å². The summed E-state index contributed by atoms with van der Waals surface area (Å²) in [5, 5.41) is 0.727. The number of aryl methyl sites for hydroxylation is 1. The van der Waals surface area contributed by atoms with Crippen molar-refractivity contribution < 1.29 is 9.13 Å². The van der Waals surface area contributed by atoms with Crippen molar-refractivity contribution in [3.05, 3.63) is 74.4 Å². The Morgan fingerprint density at radius 1 is 1.00 bits per heavy atom. The number of hydrogen-bond donors (Lipinski definition) is 0. The van der Waals surface area contributed by atoms with Crippen LogP contribution in [-0.4, -0.2) is 11.7 Å². The van der Waals surface area contributed by atoms with Crippen molar-refractivity contribution in [1.29, 1.82) is 0 Å². The molecule has 0 unspecified atom stereocenters. The minimum atomic E-state index is -0.443. The van der Waals surface area contributed by atoms with Crippen molar-refractivity contribution >= 4 is 23.2 Å². The Morgan fingerprint density at radius 2 is 1.73 bits per heavy atom. The number of halogens is 3. The Bertz CT molecular complexity index is 1060. The lowest BCUT2D eigenvalue weighted by molar-refractivity contribution is 0.415. The van der Waals surface area contributed by atoms with Gasteiger partial charge in [-0.05, 0) is 43.3 Å². The number of aromatic nitrogens is 1. The fraction of sp³-hybridized carbons (Fsp3) is 0.150. The van der Waals surface area contributed by atoms with Gasteiger partial charge in [0.25, 0.3) is 5.56 Å². The minimum Gasteiger partial charge on any atom is -0.497 e. The normalized spacial score (nSPS) is 10.8. The van der Waals surface area contributed by atoms with Crippen LogP contribution in [0.5, 0.6) is 5.75 Å². The SMILES string of the molecule is COc1ccc(Cl)c(-c2cn(C)c(=O)c(C)c2-c2ccc(F)cc2Cl)c1. The summed E-state index contributed by atoms with van der Waals surface area (Å²) in [6.45, 7) is 1.72. The van der Waals surface area contributed by atoms with Crippen LogP contribution < -0.4 is 10.3 Å². The van der Waals surface area contributed by atoms with Crippen LogP contribution in [0.1, 0.15) is 5.56 Å². The highest BCUT2D eigenvalue weighted by atomic mass is 35.5. The lowest BCUT2D eigenvalue weighted by atomic mass is 9.92. The zero-order chi connectivity index (χ0) is 19.0. The van der Waals surface area contributed by atoms with Crippen molar-refractivity contribution in [1.82, 2.24) is 4.57 Å². The van der Waals surface area contributed by atoms with Gasteiger partial charge in [0.2, 0.25) is 0 Å². The quantitative estimate of drug-likeness (QED) is 0.591. The molecule has 3 nitrogen and oxygen atoms in total. The predicted octanol–water partition coefficient (Wildman–Crippen LogP) is 5.48. The van der Waals surface area contributed by atoms with Gasteiger partial charge in [-0.2, -0.15) is 0 Å². The maximum absolute atomic E-state index is 13.5. The average molecular weight is 392 g/mol. The lowest BCUT2D eigenvalue weighted by Crippen LogP contribution is -2.20. The van der Waals surface area contributed by atoms with Crippen molar-refractivity contribution in [3.63, 3.8) is 0 Å². The number of pyridine rings is 1.